The number of hydrogen-bond acceptors (Lipinski definition) is 2. The number of nitrogens with one attached hydrogen (secondary N) is 1. The summed E-state index contributed by atoms with van der Waals surface area (Å²) in [4.78, 5) is 0. The van der Waals surface area contributed by atoms with Gasteiger partial charge in [-0.15, -0.1) is 0 Å². The lowest BCUT2D eigenvalue weighted by Gasteiger charge is -2.32. The third-order valence-electron chi connectivity index (χ3n) is 3.06. The van der Waals surface area contributed by atoms with Crippen molar-refractivity contribution in [3.63, 3.8) is 0 Å². The number of fused-ring (bicyclic) bond motifs is 1. The van der Waals surface area contributed by atoms with Gasteiger partial charge in [0.15, 0.2) is 0 Å². The van der Waals surface area contributed by atoms with Crippen LogP contribution < -0.4 is 5.32 Å². The van der Waals surface area contributed by atoms with Gasteiger partial charge in [0.25, 0.3) is 0 Å². The fraction of sp³-hybridized carbons (Fsp3) is 0.455. The maximum atomic E-state index is 12.9. The molecule has 2 atom stereocenters. The van der Waals surface area contributed by atoms with Gasteiger partial charge in [0, 0.05) is 6.04 Å². The van der Waals surface area contributed by atoms with E-state index in [-0.39, 0.29) is 11.9 Å². The molecule has 2 aliphatic heterocycles. The van der Waals surface area contributed by atoms with Crippen molar-refractivity contribution >= 4 is 0 Å². The molecule has 2 aliphatic rings. The second-order valence-electron chi connectivity index (χ2n) is 3.92. The quantitative estimate of drug-likeness (QED) is 0.733. The molecule has 14 heavy (non-hydrogen) atoms. The van der Waals surface area contributed by atoms with Crippen molar-refractivity contribution in [1.82, 2.24) is 5.32 Å². The average Bonchev–Trinajstić information content (AvgIpc) is 2.45. The Morgan fingerprint density at radius 1 is 1.43 bits per heavy atom. The molecule has 0 bridgehead atoms. The molecule has 1 aromatic rings. The highest BCUT2D eigenvalue weighted by Crippen LogP contribution is 2.35. The van der Waals surface area contributed by atoms with E-state index >= 15 is 0 Å². The summed E-state index contributed by atoms with van der Waals surface area (Å²) in [5, 5.41) is 3.32. The zero-order valence-corrected chi connectivity index (χ0v) is 7.79. The molecular weight excluding hydrogens is 181 g/mol. The first-order valence-electron chi connectivity index (χ1n) is 4.98. The van der Waals surface area contributed by atoms with Crippen LogP contribution in [0.4, 0.5) is 4.39 Å². The van der Waals surface area contributed by atoms with Crippen LogP contribution in [0.1, 0.15) is 23.7 Å². The second-order valence-corrected chi connectivity index (χ2v) is 3.92. The third-order valence-corrected chi connectivity index (χ3v) is 3.06. The Labute approximate surface area is 82.1 Å². The Balaban J connectivity index is 1.93. The smallest absolute Gasteiger partial charge is 0.123 e. The van der Waals surface area contributed by atoms with E-state index in [1.54, 1.807) is 6.07 Å². The number of rotatable bonds is 1. The lowest BCUT2D eigenvalue weighted by Crippen LogP contribution is -2.46. The molecule has 1 N–H and O–H groups in total. The second kappa shape index (κ2) is 3.04. The highest BCUT2D eigenvalue weighted by Gasteiger charge is 2.33. The van der Waals surface area contributed by atoms with Crippen LogP contribution in [0.5, 0.6) is 0 Å². The van der Waals surface area contributed by atoms with Crippen LogP contribution in [-0.2, 0) is 11.3 Å². The summed E-state index contributed by atoms with van der Waals surface area (Å²) in [5.74, 6) is -0.172. The first-order valence-corrected chi connectivity index (χ1v) is 4.98. The Hall–Kier alpha value is -0.930. The third kappa shape index (κ3) is 1.16. The summed E-state index contributed by atoms with van der Waals surface area (Å²) in [5.41, 5.74) is 2.16. The normalized spacial score (nSPS) is 29.8. The summed E-state index contributed by atoms with van der Waals surface area (Å²) in [7, 11) is 0. The fourth-order valence-electron chi connectivity index (χ4n) is 2.15. The molecule has 0 aromatic heterocycles. The predicted molar refractivity (Wildman–Crippen MR) is 50.3 cm³/mol. The molecule has 1 aromatic carbocycles. The summed E-state index contributed by atoms with van der Waals surface area (Å²) in [6.45, 7) is 1.62. The van der Waals surface area contributed by atoms with Crippen LogP contribution in [0.25, 0.3) is 0 Å². The van der Waals surface area contributed by atoms with Crippen LogP contribution in [0, 0.1) is 5.82 Å². The summed E-state index contributed by atoms with van der Waals surface area (Å²) in [6.07, 6.45) is 1.29. The highest BCUT2D eigenvalue weighted by molar-refractivity contribution is 5.33. The van der Waals surface area contributed by atoms with Gasteiger partial charge in [0.05, 0.1) is 12.7 Å². The SMILES string of the molecule is Fc1ccc2c(c1)CO[C@@H]2[C@@H]1CCN1. The average molecular weight is 193 g/mol. The van der Waals surface area contributed by atoms with E-state index < -0.39 is 0 Å². The van der Waals surface area contributed by atoms with Gasteiger partial charge >= 0.3 is 0 Å². The minimum absolute atomic E-state index is 0.138. The van der Waals surface area contributed by atoms with E-state index in [0.29, 0.717) is 12.6 Å². The van der Waals surface area contributed by atoms with E-state index in [1.807, 2.05) is 6.07 Å². The van der Waals surface area contributed by atoms with Crippen LogP contribution in [0.2, 0.25) is 0 Å². The van der Waals surface area contributed by atoms with Crippen molar-refractivity contribution in [2.45, 2.75) is 25.2 Å². The van der Waals surface area contributed by atoms with Crippen LogP contribution in [0.3, 0.4) is 0 Å². The fourth-order valence-corrected chi connectivity index (χ4v) is 2.15. The largest absolute Gasteiger partial charge is 0.367 e. The standard InChI is InChI=1S/C11H12FNO/c12-8-1-2-9-7(5-8)6-14-11(9)10-3-4-13-10/h1-2,5,10-11,13H,3-4,6H2/t10-,11-/m0/s1. The first kappa shape index (κ1) is 8.38. The monoisotopic (exact) mass is 193 g/mol. The molecule has 0 saturated carbocycles. The van der Waals surface area contributed by atoms with Crippen LogP contribution in [-0.4, -0.2) is 12.6 Å². The zero-order chi connectivity index (χ0) is 9.54. The van der Waals surface area contributed by atoms with E-state index in [4.69, 9.17) is 4.74 Å². The first-order chi connectivity index (χ1) is 6.84. The van der Waals surface area contributed by atoms with Gasteiger partial charge in [-0.3, -0.25) is 0 Å². The van der Waals surface area contributed by atoms with Crippen molar-refractivity contribution in [3.05, 3.63) is 35.1 Å². The van der Waals surface area contributed by atoms with Gasteiger partial charge in [-0.2, -0.15) is 0 Å². The lowest BCUT2D eigenvalue weighted by atomic mass is 9.94. The van der Waals surface area contributed by atoms with E-state index in [9.17, 15) is 4.39 Å². The minimum Gasteiger partial charge on any atom is -0.367 e. The van der Waals surface area contributed by atoms with Crippen LogP contribution in [0.15, 0.2) is 18.2 Å². The van der Waals surface area contributed by atoms with Gasteiger partial charge in [0.1, 0.15) is 5.82 Å². The van der Waals surface area contributed by atoms with E-state index in [2.05, 4.69) is 5.32 Å². The Morgan fingerprint density at radius 3 is 3.00 bits per heavy atom. The van der Waals surface area contributed by atoms with Crippen molar-refractivity contribution in [2.75, 3.05) is 6.54 Å². The molecule has 2 nitrogen and oxygen atoms in total. The molecule has 3 rings (SSSR count). The van der Waals surface area contributed by atoms with Gasteiger partial charge in [-0.05, 0) is 36.2 Å². The van der Waals surface area contributed by atoms with Crippen molar-refractivity contribution in [1.29, 1.82) is 0 Å². The number of benzene rings is 1. The van der Waals surface area contributed by atoms with Crippen molar-refractivity contribution in [3.8, 4) is 0 Å². The molecular formula is C11H12FNO. The molecule has 0 radical (unpaired) electrons. The topological polar surface area (TPSA) is 21.3 Å². The summed E-state index contributed by atoms with van der Waals surface area (Å²) in [6, 6.07) is 5.37. The number of hydrogen-bond donors (Lipinski definition) is 1. The molecule has 1 saturated heterocycles. The molecule has 74 valence electrons. The number of halogens is 1. The van der Waals surface area contributed by atoms with Gasteiger partial charge < -0.3 is 10.1 Å². The molecule has 0 unspecified atom stereocenters. The van der Waals surface area contributed by atoms with Gasteiger partial charge in [0.2, 0.25) is 0 Å². The van der Waals surface area contributed by atoms with Gasteiger partial charge in [-0.1, -0.05) is 6.07 Å². The van der Waals surface area contributed by atoms with Crippen LogP contribution >= 0.6 is 0 Å². The molecule has 0 aliphatic carbocycles. The van der Waals surface area contributed by atoms with Crippen molar-refractivity contribution < 1.29 is 9.13 Å². The van der Waals surface area contributed by atoms with Gasteiger partial charge in [-0.25, -0.2) is 4.39 Å². The maximum Gasteiger partial charge on any atom is 0.123 e. The Bertz CT molecular complexity index is 362. The predicted octanol–water partition coefficient (Wildman–Crippen LogP) is 1.76. The molecule has 1 fully saturated rings. The highest BCUT2D eigenvalue weighted by atomic mass is 19.1. The lowest BCUT2D eigenvalue weighted by molar-refractivity contribution is 0.0193. The van der Waals surface area contributed by atoms with E-state index in [0.717, 1.165) is 24.1 Å². The Kier molecular flexibility index (Phi) is 1.82. The number of ether oxygens (including phenoxy) is 1. The van der Waals surface area contributed by atoms with E-state index in [1.165, 1.54) is 6.07 Å². The Morgan fingerprint density at radius 2 is 2.29 bits per heavy atom. The molecule has 0 spiro atoms. The maximum absolute atomic E-state index is 12.9. The van der Waals surface area contributed by atoms with Crippen molar-refractivity contribution in [2.24, 2.45) is 0 Å². The summed E-state index contributed by atoms with van der Waals surface area (Å²) < 4.78 is 18.6. The minimum atomic E-state index is -0.172. The summed E-state index contributed by atoms with van der Waals surface area (Å²) >= 11 is 0. The molecule has 0 amide bonds. The molecule has 2 heterocycles. The zero-order valence-electron chi connectivity index (χ0n) is 7.79. The molecule has 3 heteroatoms.